The Morgan fingerprint density at radius 3 is 2.59 bits per heavy atom. The van der Waals surface area contributed by atoms with Gasteiger partial charge in [-0.1, -0.05) is 23.7 Å². The Labute approximate surface area is 159 Å². The number of carbonyl (C=O) groups is 1. The number of carbonyl (C=O) groups excluding carboxylic acids is 1. The van der Waals surface area contributed by atoms with Crippen LogP contribution in [0.4, 0.5) is 5.69 Å². The van der Waals surface area contributed by atoms with E-state index >= 15 is 0 Å². The van der Waals surface area contributed by atoms with E-state index in [4.69, 9.17) is 16.0 Å². The number of benzene rings is 2. The van der Waals surface area contributed by atoms with Crippen molar-refractivity contribution in [3.63, 3.8) is 0 Å². The van der Waals surface area contributed by atoms with Crippen molar-refractivity contribution < 1.29 is 14.1 Å². The standard InChI is InChI=1S/C19H14ClN3O4/c1-12-2-3-14(10-17(12)20)18-9-8-16(27-18)11-21-22-19(24)13-4-6-15(7-5-13)23(25)26/h2-11H,1H3,(H,22,24)/b21-11+. The van der Waals surface area contributed by atoms with E-state index < -0.39 is 10.8 Å². The molecule has 1 heterocycles. The molecule has 2 aromatic carbocycles. The van der Waals surface area contributed by atoms with Crippen molar-refractivity contribution in [3.8, 4) is 11.3 Å². The lowest BCUT2D eigenvalue weighted by molar-refractivity contribution is -0.384. The number of non-ortho nitro benzene ring substituents is 1. The zero-order chi connectivity index (χ0) is 19.4. The highest BCUT2D eigenvalue weighted by molar-refractivity contribution is 6.31. The van der Waals surface area contributed by atoms with Gasteiger partial charge in [-0.05, 0) is 42.8 Å². The first-order valence-corrected chi connectivity index (χ1v) is 8.26. The highest BCUT2D eigenvalue weighted by atomic mass is 35.5. The molecule has 1 amide bonds. The summed E-state index contributed by atoms with van der Waals surface area (Å²) in [4.78, 5) is 22.1. The molecule has 0 spiro atoms. The summed E-state index contributed by atoms with van der Waals surface area (Å²) in [6.45, 7) is 1.92. The molecular weight excluding hydrogens is 370 g/mol. The van der Waals surface area contributed by atoms with Crippen molar-refractivity contribution >= 4 is 29.4 Å². The van der Waals surface area contributed by atoms with Crippen LogP contribution in [-0.4, -0.2) is 17.0 Å². The van der Waals surface area contributed by atoms with Gasteiger partial charge in [0.05, 0.1) is 11.1 Å². The maximum absolute atomic E-state index is 12.0. The van der Waals surface area contributed by atoms with Gasteiger partial charge in [-0.2, -0.15) is 5.10 Å². The van der Waals surface area contributed by atoms with Crippen molar-refractivity contribution in [1.82, 2.24) is 5.43 Å². The van der Waals surface area contributed by atoms with Crippen LogP contribution in [0.5, 0.6) is 0 Å². The number of halogens is 1. The van der Waals surface area contributed by atoms with Gasteiger partial charge >= 0.3 is 0 Å². The van der Waals surface area contributed by atoms with Crippen LogP contribution in [0.2, 0.25) is 5.02 Å². The summed E-state index contributed by atoms with van der Waals surface area (Å²) in [7, 11) is 0. The first-order valence-electron chi connectivity index (χ1n) is 7.88. The number of hydrogen-bond donors (Lipinski definition) is 1. The quantitative estimate of drug-likeness (QED) is 0.396. The van der Waals surface area contributed by atoms with Crippen LogP contribution in [0, 0.1) is 17.0 Å². The molecule has 0 fully saturated rings. The van der Waals surface area contributed by atoms with Crippen LogP contribution in [-0.2, 0) is 0 Å². The van der Waals surface area contributed by atoms with Gasteiger partial charge in [-0.3, -0.25) is 14.9 Å². The van der Waals surface area contributed by atoms with Crippen molar-refractivity contribution in [2.75, 3.05) is 0 Å². The summed E-state index contributed by atoms with van der Waals surface area (Å²) >= 11 is 6.12. The number of nitro benzene ring substituents is 1. The molecule has 7 nitrogen and oxygen atoms in total. The number of hydrogen-bond acceptors (Lipinski definition) is 5. The van der Waals surface area contributed by atoms with Crippen molar-refractivity contribution in [1.29, 1.82) is 0 Å². The van der Waals surface area contributed by atoms with E-state index in [1.807, 2.05) is 25.1 Å². The summed E-state index contributed by atoms with van der Waals surface area (Å²) in [5.74, 6) is 0.587. The number of hydrazone groups is 1. The predicted octanol–water partition coefficient (Wildman–Crippen LogP) is 4.58. The summed E-state index contributed by atoms with van der Waals surface area (Å²) in [5, 5.41) is 15.1. The molecule has 136 valence electrons. The molecule has 27 heavy (non-hydrogen) atoms. The lowest BCUT2D eigenvalue weighted by Gasteiger charge is -2.01. The molecule has 0 radical (unpaired) electrons. The molecule has 0 aliphatic heterocycles. The van der Waals surface area contributed by atoms with Gasteiger partial charge in [-0.25, -0.2) is 5.43 Å². The van der Waals surface area contributed by atoms with Crippen LogP contribution in [0.1, 0.15) is 21.7 Å². The lowest BCUT2D eigenvalue weighted by atomic mass is 10.1. The van der Waals surface area contributed by atoms with Crippen LogP contribution in [0.15, 0.2) is 64.1 Å². The number of amides is 1. The van der Waals surface area contributed by atoms with Gasteiger partial charge < -0.3 is 4.42 Å². The Hall–Kier alpha value is -3.45. The minimum absolute atomic E-state index is 0.0885. The van der Waals surface area contributed by atoms with E-state index in [1.54, 1.807) is 12.1 Å². The van der Waals surface area contributed by atoms with E-state index in [1.165, 1.54) is 30.5 Å². The number of furan rings is 1. The lowest BCUT2D eigenvalue weighted by Crippen LogP contribution is -2.17. The fraction of sp³-hybridized carbons (Fsp3) is 0.0526. The number of aryl methyl sites for hydroxylation is 1. The van der Waals surface area contributed by atoms with Crippen LogP contribution >= 0.6 is 11.6 Å². The van der Waals surface area contributed by atoms with Crippen molar-refractivity contribution in [2.24, 2.45) is 5.10 Å². The number of nitrogens with zero attached hydrogens (tertiary/aromatic N) is 2. The third-order valence-electron chi connectivity index (χ3n) is 3.78. The maximum Gasteiger partial charge on any atom is 0.271 e. The molecular formula is C19H14ClN3O4. The van der Waals surface area contributed by atoms with Crippen molar-refractivity contribution in [3.05, 3.63) is 86.6 Å². The molecule has 1 N–H and O–H groups in total. The van der Waals surface area contributed by atoms with Gasteiger partial charge in [0.15, 0.2) is 0 Å². The molecule has 0 unspecified atom stereocenters. The molecule has 1 aromatic heterocycles. The third kappa shape index (κ3) is 4.39. The largest absolute Gasteiger partial charge is 0.455 e. The minimum Gasteiger partial charge on any atom is -0.455 e. The Kier molecular flexibility index (Phi) is 5.33. The van der Waals surface area contributed by atoms with Gasteiger partial charge in [0.1, 0.15) is 11.5 Å². The predicted molar refractivity (Wildman–Crippen MR) is 102 cm³/mol. The Morgan fingerprint density at radius 1 is 1.19 bits per heavy atom. The van der Waals surface area contributed by atoms with Crippen molar-refractivity contribution in [2.45, 2.75) is 6.92 Å². The molecule has 0 atom stereocenters. The highest BCUT2D eigenvalue weighted by Crippen LogP contribution is 2.26. The first kappa shape index (κ1) is 18.3. The zero-order valence-electron chi connectivity index (χ0n) is 14.2. The van der Waals surface area contributed by atoms with Gasteiger partial charge in [-0.15, -0.1) is 0 Å². The second kappa shape index (κ2) is 7.84. The van der Waals surface area contributed by atoms with Crippen LogP contribution < -0.4 is 5.43 Å². The molecule has 3 rings (SSSR count). The maximum atomic E-state index is 12.0. The van der Waals surface area contributed by atoms with E-state index in [0.717, 1.165) is 11.1 Å². The van der Waals surface area contributed by atoms with Gasteiger partial charge in [0, 0.05) is 28.3 Å². The monoisotopic (exact) mass is 383 g/mol. The molecule has 3 aromatic rings. The van der Waals surface area contributed by atoms with Crippen LogP contribution in [0.25, 0.3) is 11.3 Å². The summed E-state index contributed by atoms with van der Waals surface area (Å²) in [6.07, 6.45) is 1.36. The first-order chi connectivity index (χ1) is 12.9. The van der Waals surface area contributed by atoms with Crippen LogP contribution in [0.3, 0.4) is 0 Å². The van der Waals surface area contributed by atoms with Gasteiger partial charge in [0.2, 0.25) is 0 Å². The molecule has 8 heteroatoms. The average Bonchev–Trinajstić information content (AvgIpc) is 3.13. The smallest absolute Gasteiger partial charge is 0.271 e. The third-order valence-corrected chi connectivity index (χ3v) is 4.19. The van der Waals surface area contributed by atoms with Gasteiger partial charge in [0.25, 0.3) is 11.6 Å². The second-order valence-corrected chi connectivity index (χ2v) is 6.08. The Morgan fingerprint density at radius 2 is 1.93 bits per heavy atom. The van der Waals surface area contributed by atoms with E-state index in [0.29, 0.717) is 16.5 Å². The summed E-state index contributed by atoms with van der Waals surface area (Å²) in [6, 6.07) is 14.3. The molecule has 0 aliphatic rings. The topological polar surface area (TPSA) is 97.7 Å². The minimum atomic E-state index is -0.532. The molecule has 0 aliphatic carbocycles. The van der Waals surface area contributed by atoms with E-state index in [9.17, 15) is 14.9 Å². The fourth-order valence-corrected chi connectivity index (χ4v) is 2.46. The SMILES string of the molecule is Cc1ccc(-c2ccc(/C=N/NC(=O)c3ccc([N+](=O)[O-])cc3)o2)cc1Cl. The Bertz CT molecular complexity index is 1030. The van der Waals surface area contributed by atoms with E-state index in [2.05, 4.69) is 10.5 Å². The Balaban J connectivity index is 1.64. The number of nitrogens with one attached hydrogen (secondary N) is 1. The molecule has 0 saturated heterocycles. The normalized spacial score (nSPS) is 10.9. The second-order valence-electron chi connectivity index (χ2n) is 5.67. The summed E-state index contributed by atoms with van der Waals surface area (Å²) in [5.41, 5.74) is 4.32. The molecule has 0 bridgehead atoms. The number of rotatable bonds is 5. The molecule has 0 saturated carbocycles. The zero-order valence-corrected chi connectivity index (χ0v) is 14.9. The fourth-order valence-electron chi connectivity index (χ4n) is 2.28. The van der Waals surface area contributed by atoms with E-state index in [-0.39, 0.29) is 11.3 Å². The average molecular weight is 384 g/mol. The summed E-state index contributed by atoms with van der Waals surface area (Å²) < 4.78 is 5.66. The number of nitro groups is 1. The highest BCUT2D eigenvalue weighted by Gasteiger charge is 2.09.